The summed E-state index contributed by atoms with van der Waals surface area (Å²) in [5, 5.41) is 3.37. The van der Waals surface area contributed by atoms with Crippen molar-refractivity contribution < 1.29 is 17.4 Å². The van der Waals surface area contributed by atoms with Gasteiger partial charge in [0.15, 0.2) is 0 Å². The van der Waals surface area contributed by atoms with Gasteiger partial charge in [-0.15, -0.1) is 0 Å². The first-order chi connectivity index (χ1) is 15.5. The maximum Gasteiger partial charge on any atom is 0.420 e. The standard InChI is InChI=1S/C26H30N2O4S/c1-18-10-15-24(33(30,31)32-25(27)29)20(16-18)17-23(26(2,3)4)19-11-13-22(14-12-19)28-21-8-6-5-7-9-21/h5-16,23,28H,17H2,1-4H3,(H2,27,29). The highest BCUT2D eigenvalue weighted by Crippen LogP contribution is 2.39. The summed E-state index contributed by atoms with van der Waals surface area (Å²) >= 11 is 0. The van der Waals surface area contributed by atoms with Crippen molar-refractivity contribution in [3.8, 4) is 0 Å². The molecule has 0 heterocycles. The Morgan fingerprint density at radius 3 is 2.15 bits per heavy atom. The second kappa shape index (κ2) is 9.67. The zero-order chi connectivity index (χ0) is 24.2. The summed E-state index contributed by atoms with van der Waals surface area (Å²) in [6.45, 7) is 8.26. The molecule has 0 aliphatic rings. The summed E-state index contributed by atoms with van der Waals surface area (Å²) in [5.41, 5.74) is 9.37. The van der Waals surface area contributed by atoms with Crippen LogP contribution in [0.1, 0.15) is 43.4 Å². The van der Waals surface area contributed by atoms with E-state index in [0.29, 0.717) is 12.0 Å². The monoisotopic (exact) mass is 466 g/mol. The van der Waals surface area contributed by atoms with Crippen LogP contribution < -0.4 is 11.1 Å². The van der Waals surface area contributed by atoms with Crippen molar-refractivity contribution in [1.82, 2.24) is 0 Å². The minimum absolute atomic E-state index is 0.00704. The van der Waals surface area contributed by atoms with E-state index in [1.165, 1.54) is 6.07 Å². The Balaban J connectivity index is 1.94. The number of amides is 1. The van der Waals surface area contributed by atoms with Crippen LogP contribution in [-0.2, 0) is 20.7 Å². The van der Waals surface area contributed by atoms with E-state index in [-0.39, 0.29) is 16.2 Å². The molecule has 3 aromatic rings. The highest BCUT2D eigenvalue weighted by molar-refractivity contribution is 7.87. The Morgan fingerprint density at radius 2 is 1.58 bits per heavy atom. The van der Waals surface area contributed by atoms with Gasteiger partial charge in [-0.3, -0.25) is 0 Å². The Bertz CT molecular complexity index is 1220. The van der Waals surface area contributed by atoms with Crippen molar-refractivity contribution in [2.45, 2.75) is 44.9 Å². The van der Waals surface area contributed by atoms with Gasteiger partial charge in [-0.25, -0.2) is 4.79 Å². The molecule has 1 amide bonds. The number of carbonyl (C=O) groups is 1. The minimum Gasteiger partial charge on any atom is -0.356 e. The van der Waals surface area contributed by atoms with Crippen molar-refractivity contribution in [2.24, 2.45) is 11.1 Å². The van der Waals surface area contributed by atoms with Crippen LogP contribution in [-0.4, -0.2) is 14.5 Å². The van der Waals surface area contributed by atoms with Gasteiger partial charge in [0.05, 0.1) is 0 Å². The zero-order valence-corrected chi connectivity index (χ0v) is 20.1. The lowest BCUT2D eigenvalue weighted by Crippen LogP contribution is -2.23. The average Bonchev–Trinajstić information content (AvgIpc) is 2.72. The summed E-state index contributed by atoms with van der Waals surface area (Å²) in [5.74, 6) is 0.00704. The maximum absolute atomic E-state index is 12.6. The lowest BCUT2D eigenvalue weighted by Gasteiger charge is -2.32. The number of nitrogens with one attached hydrogen (secondary N) is 1. The fourth-order valence-corrected chi connectivity index (χ4v) is 4.90. The fraction of sp³-hybridized carbons (Fsp3) is 0.269. The van der Waals surface area contributed by atoms with E-state index in [4.69, 9.17) is 5.73 Å². The largest absolute Gasteiger partial charge is 0.420 e. The van der Waals surface area contributed by atoms with Crippen LogP contribution in [0.25, 0.3) is 0 Å². The number of nitrogens with two attached hydrogens (primary N) is 1. The molecular weight excluding hydrogens is 436 g/mol. The summed E-state index contributed by atoms with van der Waals surface area (Å²) in [4.78, 5) is 11.1. The molecule has 0 saturated heterocycles. The molecule has 3 aromatic carbocycles. The second-order valence-electron chi connectivity index (χ2n) is 9.20. The number of aryl methyl sites for hydroxylation is 1. The van der Waals surface area contributed by atoms with Gasteiger partial charge in [-0.2, -0.15) is 8.42 Å². The topological polar surface area (TPSA) is 98.5 Å². The Morgan fingerprint density at radius 1 is 0.970 bits per heavy atom. The van der Waals surface area contributed by atoms with Gasteiger partial charge in [-0.05, 0) is 66.1 Å². The van der Waals surface area contributed by atoms with Gasteiger partial charge in [-0.1, -0.05) is 68.8 Å². The molecule has 33 heavy (non-hydrogen) atoms. The maximum atomic E-state index is 12.6. The molecule has 0 radical (unpaired) electrons. The van der Waals surface area contributed by atoms with E-state index in [0.717, 1.165) is 22.5 Å². The van der Waals surface area contributed by atoms with Crippen molar-refractivity contribution in [2.75, 3.05) is 5.32 Å². The molecule has 0 bridgehead atoms. The Labute approximate surface area is 195 Å². The molecule has 6 nitrogen and oxygen atoms in total. The SMILES string of the molecule is Cc1ccc(S(=O)(=O)OC(N)=O)c(CC(c2ccc(Nc3ccccc3)cc2)C(C)(C)C)c1. The van der Waals surface area contributed by atoms with Gasteiger partial charge >= 0.3 is 16.2 Å². The first kappa shape index (κ1) is 24.3. The van der Waals surface area contributed by atoms with Crippen molar-refractivity contribution in [3.63, 3.8) is 0 Å². The van der Waals surface area contributed by atoms with Crippen LogP contribution >= 0.6 is 0 Å². The highest BCUT2D eigenvalue weighted by atomic mass is 32.2. The molecular formula is C26H30N2O4S. The van der Waals surface area contributed by atoms with E-state index in [2.05, 4.69) is 42.4 Å². The molecule has 1 unspecified atom stereocenters. The molecule has 0 aliphatic heterocycles. The number of hydrogen-bond acceptors (Lipinski definition) is 5. The second-order valence-corrected chi connectivity index (χ2v) is 10.7. The average molecular weight is 467 g/mol. The third kappa shape index (κ3) is 6.35. The van der Waals surface area contributed by atoms with E-state index in [1.54, 1.807) is 6.07 Å². The number of anilines is 2. The molecule has 0 saturated carbocycles. The normalized spacial score (nSPS) is 12.7. The highest BCUT2D eigenvalue weighted by Gasteiger charge is 2.30. The molecule has 7 heteroatoms. The number of primary amides is 1. The van der Waals surface area contributed by atoms with Gasteiger partial charge in [0.25, 0.3) is 0 Å². The molecule has 174 valence electrons. The minimum atomic E-state index is -4.31. The van der Waals surface area contributed by atoms with Gasteiger partial charge in [0, 0.05) is 11.4 Å². The van der Waals surface area contributed by atoms with E-state index < -0.39 is 16.2 Å². The fourth-order valence-electron chi connectivity index (χ4n) is 3.90. The molecule has 0 spiro atoms. The van der Waals surface area contributed by atoms with Gasteiger partial charge in [0.2, 0.25) is 0 Å². The summed E-state index contributed by atoms with van der Waals surface area (Å²) in [7, 11) is -4.31. The van der Waals surface area contributed by atoms with Crippen LogP contribution in [0.2, 0.25) is 0 Å². The van der Waals surface area contributed by atoms with Gasteiger partial charge in [0.1, 0.15) is 4.90 Å². The van der Waals surface area contributed by atoms with Crippen molar-refractivity contribution in [1.29, 1.82) is 0 Å². The summed E-state index contributed by atoms with van der Waals surface area (Å²) in [6.07, 6.45) is -0.900. The molecule has 0 aromatic heterocycles. The number of carbonyl (C=O) groups excluding carboxylic acids is 1. The van der Waals surface area contributed by atoms with E-state index >= 15 is 0 Å². The van der Waals surface area contributed by atoms with E-state index in [9.17, 15) is 13.2 Å². The smallest absolute Gasteiger partial charge is 0.356 e. The number of para-hydroxylation sites is 1. The Kier molecular flexibility index (Phi) is 7.12. The van der Waals surface area contributed by atoms with Crippen LogP contribution in [0.3, 0.4) is 0 Å². The summed E-state index contributed by atoms with van der Waals surface area (Å²) in [6, 6.07) is 23.0. The van der Waals surface area contributed by atoms with Crippen molar-refractivity contribution >= 4 is 27.6 Å². The van der Waals surface area contributed by atoms with Crippen LogP contribution in [0.15, 0.2) is 77.7 Å². The molecule has 1 atom stereocenters. The zero-order valence-electron chi connectivity index (χ0n) is 19.3. The van der Waals surface area contributed by atoms with Crippen LogP contribution in [0, 0.1) is 12.3 Å². The third-order valence-electron chi connectivity index (χ3n) is 5.52. The number of hydrogen-bond donors (Lipinski definition) is 2. The number of rotatable bonds is 7. The van der Waals surface area contributed by atoms with Gasteiger partial charge < -0.3 is 15.2 Å². The number of benzene rings is 3. The molecule has 3 N–H and O–H groups in total. The predicted molar refractivity (Wildman–Crippen MR) is 131 cm³/mol. The van der Waals surface area contributed by atoms with E-state index in [1.807, 2.05) is 55.5 Å². The van der Waals surface area contributed by atoms with Crippen LogP contribution in [0.4, 0.5) is 16.2 Å². The third-order valence-corrected chi connectivity index (χ3v) is 6.84. The lowest BCUT2D eigenvalue weighted by atomic mass is 9.73. The molecule has 3 rings (SSSR count). The first-order valence-electron chi connectivity index (χ1n) is 10.7. The molecule has 0 aliphatic carbocycles. The lowest BCUT2D eigenvalue weighted by molar-refractivity contribution is 0.212. The predicted octanol–water partition coefficient (Wildman–Crippen LogP) is 5.90. The van der Waals surface area contributed by atoms with Crippen LogP contribution in [0.5, 0.6) is 0 Å². The Hall–Kier alpha value is -3.32. The molecule has 0 fully saturated rings. The van der Waals surface area contributed by atoms with Crippen molar-refractivity contribution in [3.05, 3.63) is 89.5 Å². The quantitative estimate of drug-likeness (QED) is 0.423. The first-order valence-corrected chi connectivity index (χ1v) is 12.1. The summed E-state index contributed by atoms with van der Waals surface area (Å²) < 4.78 is 29.7.